The highest BCUT2D eigenvalue weighted by molar-refractivity contribution is 5.93. The number of carbonyl (C=O) groups excluding carboxylic acids is 1. The van der Waals surface area contributed by atoms with Gasteiger partial charge in [0.25, 0.3) is 5.91 Å². The van der Waals surface area contributed by atoms with Crippen molar-refractivity contribution >= 4 is 5.91 Å². The van der Waals surface area contributed by atoms with Gasteiger partial charge in [-0.15, -0.1) is 0 Å². The molecule has 0 bridgehead atoms. The summed E-state index contributed by atoms with van der Waals surface area (Å²) in [7, 11) is 0. The molecule has 2 N–H and O–H groups in total. The molecule has 98 valence electrons. The Kier molecular flexibility index (Phi) is 3.24. The Bertz CT molecular complexity index is 580. The third kappa shape index (κ3) is 2.48. The number of nitrogens with zero attached hydrogens (tertiary/aromatic N) is 2. The summed E-state index contributed by atoms with van der Waals surface area (Å²) >= 11 is 0. The lowest BCUT2D eigenvalue weighted by atomic mass is 10.1. The number of aromatic nitrogens is 3. The van der Waals surface area contributed by atoms with Crippen LogP contribution >= 0.6 is 0 Å². The molecule has 0 unspecified atom stereocenters. The molecule has 6 heteroatoms. The number of hydrogen-bond acceptors (Lipinski definition) is 4. The van der Waals surface area contributed by atoms with Gasteiger partial charge < -0.3 is 10.1 Å². The van der Waals surface area contributed by atoms with Crippen molar-refractivity contribution in [1.82, 2.24) is 20.5 Å². The molecule has 0 spiro atoms. The Morgan fingerprint density at radius 1 is 1.53 bits per heavy atom. The maximum absolute atomic E-state index is 12.1. The molecular weight excluding hydrogens is 244 g/mol. The summed E-state index contributed by atoms with van der Waals surface area (Å²) in [5.41, 5.74) is 3.25. The lowest BCUT2D eigenvalue weighted by Crippen LogP contribution is -2.25. The van der Waals surface area contributed by atoms with E-state index in [2.05, 4.69) is 20.5 Å². The van der Waals surface area contributed by atoms with Crippen molar-refractivity contribution in [1.29, 1.82) is 0 Å². The first kappa shape index (κ1) is 11.9. The fourth-order valence-electron chi connectivity index (χ4n) is 2.07. The molecule has 0 saturated carbocycles. The Balaban J connectivity index is 1.69. The van der Waals surface area contributed by atoms with Gasteiger partial charge in [0.15, 0.2) is 5.69 Å². The number of nitrogens with one attached hydrogen (secondary N) is 2. The number of aromatic amines is 1. The second kappa shape index (κ2) is 5.19. The van der Waals surface area contributed by atoms with Gasteiger partial charge in [-0.3, -0.25) is 14.9 Å². The van der Waals surface area contributed by atoms with Gasteiger partial charge in [0.05, 0.1) is 13.2 Å². The monoisotopic (exact) mass is 258 g/mol. The standard InChI is InChI=1S/C13H14N4O2/c18-13(15-7-9-2-1-4-14-6-9)12-10-8-19-5-3-11(10)16-17-12/h1-2,4,6H,3,5,7-8H2,(H,15,18)(H,16,17). The molecule has 2 aromatic rings. The zero-order valence-electron chi connectivity index (χ0n) is 10.3. The normalized spacial score (nSPS) is 13.9. The lowest BCUT2D eigenvalue weighted by Gasteiger charge is -2.12. The van der Waals surface area contributed by atoms with E-state index in [4.69, 9.17) is 4.74 Å². The third-order valence-electron chi connectivity index (χ3n) is 3.09. The number of amides is 1. The maximum Gasteiger partial charge on any atom is 0.272 e. The molecule has 0 radical (unpaired) electrons. The van der Waals surface area contributed by atoms with Gasteiger partial charge in [-0.2, -0.15) is 5.10 Å². The van der Waals surface area contributed by atoms with Gasteiger partial charge in [-0.05, 0) is 11.6 Å². The van der Waals surface area contributed by atoms with E-state index in [9.17, 15) is 4.79 Å². The van der Waals surface area contributed by atoms with E-state index < -0.39 is 0 Å². The van der Waals surface area contributed by atoms with Crippen LogP contribution in [-0.4, -0.2) is 27.7 Å². The van der Waals surface area contributed by atoms with Crippen LogP contribution in [0.15, 0.2) is 24.5 Å². The molecule has 3 rings (SSSR count). The van der Waals surface area contributed by atoms with Gasteiger partial charge in [0.1, 0.15) is 0 Å². The summed E-state index contributed by atoms with van der Waals surface area (Å²) in [5, 5.41) is 9.81. The summed E-state index contributed by atoms with van der Waals surface area (Å²) in [6.45, 7) is 1.56. The minimum atomic E-state index is -0.188. The average molecular weight is 258 g/mol. The van der Waals surface area contributed by atoms with Crippen molar-refractivity contribution in [2.24, 2.45) is 0 Å². The van der Waals surface area contributed by atoms with Crippen LogP contribution < -0.4 is 5.32 Å². The number of fused-ring (bicyclic) bond motifs is 1. The molecule has 0 saturated heterocycles. The SMILES string of the molecule is O=C(NCc1cccnc1)c1n[nH]c2c1COCC2. The van der Waals surface area contributed by atoms with Gasteiger partial charge in [0, 0.05) is 36.6 Å². The second-order valence-electron chi connectivity index (χ2n) is 4.38. The highest BCUT2D eigenvalue weighted by Gasteiger charge is 2.21. The van der Waals surface area contributed by atoms with Crippen LogP contribution in [0.4, 0.5) is 0 Å². The van der Waals surface area contributed by atoms with Crippen molar-refractivity contribution in [2.75, 3.05) is 6.61 Å². The molecule has 0 atom stereocenters. The zero-order chi connectivity index (χ0) is 13.1. The van der Waals surface area contributed by atoms with E-state index in [1.807, 2.05) is 12.1 Å². The predicted molar refractivity (Wildman–Crippen MR) is 67.4 cm³/mol. The summed E-state index contributed by atoms with van der Waals surface area (Å²) < 4.78 is 5.36. The molecule has 3 heterocycles. The molecule has 1 aliphatic heterocycles. The molecule has 0 aliphatic carbocycles. The summed E-state index contributed by atoms with van der Waals surface area (Å²) in [4.78, 5) is 16.1. The van der Waals surface area contributed by atoms with E-state index in [1.54, 1.807) is 12.4 Å². The van der Waals surface area contributed by atoms with Crippen LogP contribution in [0.25, 0.3) is 0 Å². The van der Waals surface area contributed by atoms with Crippen molar-refractivity contribution in [2.45, 2.75) is 19.6 Å². The number of carbonyl (C=O) groups is 1. The topological polar surface area (TPSA) is 79.9 Å². The first-order chi connectivity index (χ1) is 9.34. The minimum Gasteiger partial charge on any atom is -0.376 e. The van der Waals surface area contributed by atoms with Crippen molar-refractivity contribution in [3.05, 3.63) is 47.0 Å². The largest absolute Gasteiger partial charge is 0.376 e. The maximum atomic E-state index is 12.1. The van der Waals surface area contributed by atoms with E-state index in [0.717, 1.165) is 23.2 Å². The summed E-state index contributed by atoms with van der Waals surface area (Å²) in [6, 6.07) is 3.75. The van der Waals surface area contributed by atoms with Crippen LogP contribution in [0.3, 0.4) is 0 Å². The fraction of sp³-hybridized carbons (Fsp3) is 0.308. The van der Waals surface area contributed by atoms with Crippen molar-refractivity contribution < 1.29 is 9.53 Å². The highest BCUT2D eigenvalue weighted by Crippen LogP contribution is 2.17. The molecule has 0 aromatic carbocycles. The lowest BCUT2D eigenvalue weighted by molar-refractivity contribution is 0.0922. The fourth-order valence-corrected chi connectivity index (χ4v) is 2.07. The van der Waals surface area contributed by atoms with E-state index in [1.165, 1.54) is 0 Å². The van der Waals surface area contributed by atoms with Crippen LogP contribution in [0.2, 0.25) is 0 Å². The second-order valence-corrected chi connectivity index (χ2v) is 4.38. The quantitative estimate of drug-likeness (QED) is 0.853. The van der Waals surface area contributed by atoms with Gasteiger partial charge in [-0.25, -0.2) is 0 Å². The number of ether oxygens (including phenoxy) is 1. The smallest absolute Gasteiger partial charge is 0.272 e. The number of H-pyrrole nitrogens is 1. The Morgan fingerprint density at radius 2 is 2.47 bits per heavy atom. The van der Waals surface area contributed by atoms with Gasteiger partial charge >= 0.3 is 0 Å². The van der Waals surface area contributed by atoms with Crippen LogP contribution in [0.5, 0.6) is 0 Å². The molecule has 1 amide bonds. The average Bonchev–Trinajstić information content (AvgIpc) is 2.90. The number of pyridine rings is 1. The van der Waals surface area contributed by atoms with Crippen LogP contribution in [-0.2, 0) is 24.3 Å². The molecule has 1 aliphatic rings. The molecule has 19 heavy (non-hydrogen) atoms. The molecule has 0 fully saturated rings. The molecular formula is C13H14N4O2. The zero-order valence-corrected chi connectivity index (χ0v) is 10.3. The van der Waals surface area contributed by atoms with Gasteiger partial charge in [0.2, 0.25) is 0 Å². The predicted octanol–water partition coefficient (Wildman–Crippen LogP) is 0.807. The Labute approximate surface area is 110 Å². The minimum absolute atomic E-state index is 0.188. The Hall–Kier alpha value is -2.21. The van der Waals surface area contributed by atoms with E-state index in [0.29, 0.717) is 25.5 Å². The molecule has 2 aromatic heterocycles. The van der Waals surface area contributed by atoms with E-state index >= 15 is 0 Å². The molecule has 6 nitrogen and oxygen atoms in total. The first-order valence-electron chi connectivity index (χ1n) is 6.15. The first-order valence-corrected chi connectivity index (χ1v) is 6.15. The van der Waals surface area contributed by atoms with Crippen molar-refractivity contribution in [3.8, 4) is 0 Å². The van der Waals surface area contributed by atoms with E-state index in [-0.39, 0.29) is 5.91 Å². The van der Waals surface area contributed by atoms with Gasteiger partial charge in [-0.1, -0.05) is 6.07 Å². The Morgan fingerprint density at radius 3 is 3.32 bits per heavy atom. The van der Waals surface area contributed by atoms with Crippen LogP contribution in [0, 0.1) is 0 Å². The van der Waals surface area contributed by atoms with Crippen molar-refractivity contribution in [3.63, 3.8) is 0 Å². The summed E-state index contributed by atoms with van der Waals surface area (Å²) in [5.74, 6) is -0.188. The third-order valence-corrected chi connectivity index (χ3v) is 3.09. The highest BCUT2D eigenvalue weighted by atomic mass is 16.5. The van der Waals surface area contributed by atoms with Crippen LogP contribution in [0.1, 0.15) is 27.3 Å². The summed E-state index contributed by atoms with van der Waals surface area (Å²) in [6.07, 6.45) is 4.20. The number of hydrogen-bond donors (Lipinski definition) is 2. The number of rotatable bonds is 3.